The Hall–Kier alpha value is -0.160. The summed E-state index contributed by atoms with van der Waals surface area (Å²) in [5.41, 5.74) is 0.414. The van der Waals surface area contributed by atoms with Crippen molar-refractivity contribution in [1.29, 1.82) is 0 Å². The van der Waals surface area contributed by atoms with Gasteiger partial charge in [0.15, 0.2) is 0 Å². The summed E-state index contributed by atoms with van der Waals surface area (Å²) in [6.07, 6.45) is 5.14. The van der Waals surface area contributed by atoms with Gasteiger partial charge in [0.1, 0.15) is 0 Å². The topological polar surface area (TPSA) is 27.7 Å². The van der Waals surface area contributed by atoms with Crippen molar-refractivity contribution < 1.29 is 4.74 Å². The second-order valence-electron chi connectivity index (χ2n) is 7.68. The van der Waals surface area contributed by atoms with Gasteiger partial charge in [-0.05, 0) is 51.7 Å². The molecule has 1 unspecified atom stereocenters. The first kappa shape index (κ1) is 17.2. The van der Waals surface area contributed by atoms with Crippen molar-refractivity contribution in [3.05, 3.63) is 0 Å². The van der Waals surface area contributed by atoms with Crippen LogP contribution in [0.4, 0.5) is 0 Å². The van der Waals surface area contributed by atoms with Crippen LogP contribution in [0.1, 0.15) is 39.5 Å². The first-order chi connectivity index (χ1) is 10.0. The molecule has 4 nitrogen and oxygen atoms in total. The van der Waals surface area contributed by atoms with Crippen LogP contribution in [-0.2, 0) is 4.74 Å². The van der Waals surface area contributed by atoms with Crippen molar-refractivity contribution in [2.24, 2.45) is 5.41 Å². The van der Waals surface area contributed by atoms with Gasteiger partial charge in [0.05, 0.1) is 0 Å². The molecule has 2 aliphatic heterocycles. The van der Waals surface area contributed by atoms with Crippen LogP contribution in [-0.4, -0.2) is 75.4 Å². The fourth-order valence-electron chi connectivity index (χ4n) is 3.78. The molecule has 2 saturated heterocycles. The molecule has 0 bridgehead atoms. The predicted octanol–water partition coefficient (Wildman–Crippen LogP) is 1.81. The second-order valence-corrected chi connectivity index (χ2v) is 7.68. The normalized spacial score (nSPS) is 26.9. The molecule has 0 spiro atoms. The van der Waals surface area contributed by atoms with Gasteiger partial charge in [-0.25, -0.2) is 0 Å². The van der Waals surface area contributed by atoms with E-state index in [1.807, 2.05) is 0 Å². The van der Waals surface area contributed by atoms with E-state index in [1.165, 1.54) is 45.3 Å². The standard InChI is InChI=1S/C17H35N3O/c1-15(2)18-13-17(7-10-21-11-8-17)14-20-9-5-6-16(20)12-19(3)4/h15-16,18H,5-14H2,1-4H3. The molecule has 0 aromatic rings. The Labute approximate surface area is 131 Å². The lowest BCUT2D eigenvalue weighted by molar-refractivity contribution is -0.00860. The molecule has 2 rings (SSSR count). The Bertz CT molecular complexity index is 300. The van der Waals surface area contributed by atoms with Gasteiger partial charge in [0.2, 0.25) is 0 Å². The zero-order valence-electron chi connectivity index (χ0n) is 14.5. The van der Waals surface area contributed by atoms with Crippen molar-refractivity contribution in [3.63, 3.8) is 0 Å². The van der Waals surface area contributed by atoms with E-state index in [4.69, 9.17) is 4.74 Å². The predicted molar refractivity (Wildman–Crippen MR) is 88.8 cm³/mol. The summed E-state index contributed by atoms with van der Waals surface area (Å²) in [4.78, 5) is 5.10. The molecule has 0 amide bonds. The number of nitrogens with zero attached hydrogens (tertiary/aromatic N) is 2. The third-order valence-electron chi connectivity index (χ3n) is 5.05. The molecular weight excluding hydrogens is 262 g/mol. The average Bonchev–Trinajstić information content (AvgIpc) is 2.84. The summed E-state index contributed by atoms with van der Waals surface area (Å²) in [5.74, 6) is 0. The van der Waals surface area contributed by atoms with Crippen molar-refractivity contribution in [2.45, 2.75) is 51.6 Å². The summed E-state index contributed by atoms with van der Waals surface area (Å²) in [7, 11) is 4.39. The number of likely N-dealkylation sites (N-methyl/N-ethyl adjacent to an activating group) is 1. The molecule has 2 fully saturated rings. The van der Waals surface area contributed by atoms with Gasteiger partial charge in [-0.2, -0.15) is 0 Å². The van der Waals surface area contributed by atoms with E-state index in [2.05, 4.69) is 43.1 Å². The molecule has 0 aliphatic carbocycles. The molecular formula is C17H35N3O. The Morgan fingerprint density at radius 1 is 1.29 bits per heavy atom. The first-order valence-electron chi connectivity index (χ1n) is 8.71. The molecule has 1 atom stereocenters. The number of hydrogen-bond donors (Lipinski definition) is 1. The van der Waals surface area contributed by atoms with Crippen molar-refractivity contribution >= 4 is 0 Å². The lowest BCUT2D eigenvalue weighted by Crippen LogP contribution is -2.50. The molecule has 2 heterocycles. The summed E-state index contributed by atoms with van der Waals surface area (Å²) in [6, 6.07) is 1.32. The van der Waals surface area contributed by atoms with Crippen LogP contribution in [0.15, 0.2) is 0 Å². The largest absolute Gasteiger partial charge is 0.381 e. The van der Waals surface area contributed by atoms with Crippen LogP contribution in [0, 0.1) is 5.41 Å². The smallest absolute Gasteiger partial charge is 0.0472 e. The highest BCUT2D eigenvalue weighted by atomic mass is 16.5. The summed E-state index contributed by atoms with van der Waals surface area (Å²) < 4.78 is 5.63. The van der Waals surface area contributed by atoms with Gasteiger partial charge in [0.25, 0.3) is 0 Å². The highest BCUT2D eigenvalue weighted by Gasteiger charge is 2.37. The van der Waals surface area contributed by atoms with Crippen LogP contribution >= 0.6 is 0 Å². The molecule has 0 aromatic heterocycles. The van der Waals surface area contributed by atoms with E-state index in [-0.39, 0.29) is 0 Å². The monoisotopic (exact) mass is 297 g/mol. The van der Waals surface area contributed by atoms with Crippen molar-refractivity contribution in [2.75, 3.05) is 53.5 Å². The van der Waals surface area contributed by atoms with Gasteiger partial charge in [-0.15, -0.1) is 0 Å². The Morgan fingerprint density at radius 3 is 2.62 bits per heavy atom. The van der Waals surface area contributed by atoms with E-state index >= 15 is 0 Å². The lowest BCUT2D eigenvalue weighted by atomic mass is 9.79. The third kappa shape index (κ3) is 5.20. The summed E-state index contributed by atoms with van der Waals surface area (Å²) in [6.45, 7) is 11.2. The zero-order chi connectivity index (χ0) is 15.3. The van der Waals surface area contributed by atoms with Crippen LogP contribution in [0.2, 0.25) is 0 Å². The van der Waals surface area contributed by atoms with Crippen LogP contribution in [0.25, 0.3) is 0 Å². The Kier molecular flexibility index (Phi) is 6.48. The molecule has 2 aliphatic rings. The van der Waals surface area contributed by atoms with Gasteiger partial charge in [0, 0.05) is 44.9 Å². The van der Waals surface area contributed by atoms with E-state index < -0.39 is 0 Å². The summed E-state index contributed by atoms with van der Waals surface area (Å²) >= 11 is 0. The third-order valence-corrected chi connectivity index (χ3v) is 5.05. The molecule has 0 saturated carbocycles. The zero-order valence-corrected chi connectivity index (χ0v) is 14.5. The maximum atomic E-state index is 5.63. The highest BCUT2D eigenvalue weighted by Crippen LogP contribution is 2.33. The fraction of sp³-hybridized carbons (Fsp3) is 1.00. The van der Waals surface area contributed by atoms with Crippen LogP contribution in [0.3, 0.4) is 0 Å². The second kappa shape index (κ2) is 7.91. The van der Waals surface area contributed by atoms with Crippen molar-refractivity contribution in [1.82, 2.24) is 15.1 Å². The van der Waals surface area contributed by atoms with Gasteiger partial charge in [-0.1, -0.05) is 13.8 Å². The number of rotatable bonds is 7. The number of nitrogens with one attached hydrogen (secondary N) is 1. The van der Waals surface area contributed by atoms with Gasteiger partial charge < -0.3 is 15.0 Å². The molecule has 0 aromatic carbocycles. The minimum Gasteiger partial charge on any atom is -0.381 e. The maximum absolute atomic E-state index is 5.63. The number of hydrogen-bond acceptors (Lipinski definition) is 4. The van der Waals surface area contributed by atoms with Crippen LogP contribution in [0.5, 0.6) is 0 Å². The summed E-state index contributed by atoms with van der Waals surface area (Å²) in [5, 5.41) is 3.69. The number of likely N-dealkylation sites (tertiary alicyclic amines) is 1. The number of ether oxygens (including phenoxy) is 1. The SMILES string of the molecule is CC(C)NCC1(CN2CCCC2CN(C)C)CCOCC1. The van der Waals surface area contributed by atoms with E-state index in [0.29, 0.717) is 11.5 Å². The molecule has 21 heavy (non-hydrogen) atoms. The Morgan fingerprint density at radius 2 is 2.00 bits per heavy atom. The maximum Gasteiger partial charge on any atom is 0.0472 e. The van der Waals surface area contributed by atoms with E-state index in [0.717, 1.165) is 25.8 Å². The minimum atomic E-state index is 0.414. The van der Waals surface area contributed by atoms with Crippen LogP contribution < -0.4 is 5.32 Å². The Balaban J connectivity index is 1.96. The van der Waals surface area contributed by atoms with Gasteiger partial charge in [-0.3, -0.25) is 4.90 Å². The quantitative estimate of drug-likeness (QED) is 0.775. The van der Waals surface area contributed by atoms with Gasteiger partial charge >= 0.3 is 0 Å². The highest BCUT2D eigenvalue weighted by molar-refractivity contribution is 4.92. The molecule has 1 N–H and O–H groups in total. The first-order valence-corrected chi connectivity index (χ1v) is 8.71. The molecule has 0 radical (unpaired) electrons. The van der Waals surface area contributed by atoms with E-state index in [9.17, 15) is 0 Å². The van der Waals surface area contributed by atoms with Crippen molar-refractivity contribution in [3.8, 4) is 0 Å². The average molecular weight is 297 g/mol. The van der Waals surface area contributed by atoms with E-state index in [1.54, 1.807) is 0 Å². The minimum absolute atomic E-state index is 0.414. The lowest BCUT2D eigenvalue weighted by Gasteiger charge is -2.42. The fourth-order valence-corrected chi connectivity index (χ4v) is 3.78. The molecule has 4 heteroatoms. The molecule has 124 valence electrons.